The highest BCUT2D eigenvalue weighted by molar-refractivity contribution is 7.10. The molecule has 5 nitrogen and oxygen atoms in total. The Morgan fingerprint density at radius 2 is 1.93 bits per heavy atom. The molecule has 0 bridgehead atoms. The average Bonchev–Trinajstić information content (AvgIpc) is 3.45. The first kappa shape index (κ1) is 19.9. The van der Waals surface area contributed by atoms with Crippen molar-refractivity contribution in [3.8, 4) is 6.07 Å². The summed E-state index contributed by atoms with van der Waals surface area (Å²) in [6, 6.07) is 21.1. The molecule has 0 saturated heterocycles. The Morgan fingerprint density at radius 1 is 1.13 bits per heavy atom. The third-order valence-corrected chi connectivity index (χ3v) is 6.20. The van der Waals surface area contributed by atoms with Crippen LogP contribution in [0.2, 0.25) is 0 Å². The van der Waals surface area contributed by atoms with Crippen LogP contribution in [-0.4, -0.2) is 23.5 Å². The van der Waals surface area contributed by atoms with Crippen molar-refractivity contribution in [3.05, 3.63) is 88.2 Å². The number of aromatic amines is 1. The number of fused-ring (bicyclic) bond motifs is 1. The fraction of sp³-hybridized carbons (Fsp3) is 0.167. The van der Waals surface area contributed by atoms with Crippen LogP contribution in [0.5, 0.6) is 0 Å². The van der Waals surface area contributed by atoms with E-state index in [4.69, 9.17) is 0 Å². The summed E-state index contributed by atoms with van der Waals surface area (Å²) in [4.78, 5) is 17.3. The molecule has 2 atom stereocenters. The Hall–Kier alpha value is -3.40. The maximum atomic E-state index is 12.7. The first-order chi connectivity index (χ1) is 14.7. The third-order valence-electron chi connectivity index (χ3n) is 5.21. The van der Waals surface area contributed by atoms with Gasteiger partial charge in [0.25, 0.3) is 0 Å². The number of carbonyl (C=O) groups excluding carboxylic acids is 1. The van der Waals surface area contributed by atoms with Crippen LogP contribution >= 0.6 is 11.3 Å². The number of thiophene rings is 1. The van der Waals surface area contributed by atoms with E-state index in [9.17, 15) is 10.1 Å². The average molecular weight is 415 g/mol. The number of carbonyl (C=O) groups is 1. The molecule has 0 fully saturated rings. The van der Waals surface area contributed by atoms with Crippen LogP contribution in [-0.2, 0) is 4.79 Å². The monoisotopic (exact) mass is 414 g/mol. The summed E-state index contributed by atoms with van der Waals surface area (Å²) in [5.74, 6) is -0.0376. The maximum Gasteiger partial charge on any atom is 0.241 e. The van der Waals surface area contributed by atoms with Crippen molar-refractivity contribution in [2.75, 3.05) is 11.9 Å². The Labute approximate surface area is 179 Å². The van der Waals surface area contributed by atoms with Gasteiger partial charge in [-0.15, -0.1) is 11.3 Å². The van der Waals surface area contributed by atoms with E-state index in [1.54, 1.807) is 35.6 Å². The summed E-state index contributed by atoms with van der Waals surface area (Å²) in [7, 11) is 0. The number of nitrogens with zero attached hydrogens (tertiary/aromatic N) is 1. The van der Waals surface area contributed by atoms with E-state index in [2.05, 4.69) is 57.5 Å². The molecule has 0 spiro atoms. The summed E-state index contributed by atoms with van der Waals surface area (Å²) in [6.45, 7) is 2.46. The molecule has 0 aliphatic heterocycles. The van der Waals surface area contributed by atoms with Gasteiger partial charge < -0.3 is 15.6 Å². The van der Waals surface area contributed by atoms with Crippen molar-refractivity contribution in [2.45, 2.75) is 18.9 Å². The molecule has 0 unspecified atom stereocenters. The normalized spacial score (nSPS) is 12.9. The molecule has 0 radical (unpaired) electrons. The molecule has 6 heteroatoms. The minimum atomic E-state index is -0.413. The lowest BCUT2D eigenvalue weighted by Gasteiger charge is -2.20. The molecular formula is C24H22N4OS. The van der Waals surface area contributed by atoms with E-state index in [0.29, 0.717) is 17.8 Å². The van der Waals surface area contributed by atoms with Crippen LogP contribution in [0, 0.1) is 11.3 Å². The number of rotatable bonds is 7. The number of amides is 1. The highest BCUT2D eigenvalue weighted by Gasteiger charge is 2.22. The minimum absolute atomic E-state index is 0.128. The van der Waals surface area contributed by atoms with Gasteiger partial charge in [0.2, 0.25) is 5.91 Å². The highest BCUT2D eigenvalue weighted by atomic mass is 32.1. The maximum absolute atomic E-state index is 12.7. The Kier molecular flexibility index (Phi) is 5.94. The number of aromatic nitrogens is 1. The zero-order valence-electron chi connectivity index (χ0n) is 16.6. The van der Waals surface area contributed by atoms with Gasteiger partial charge in [-0.05, 0) is 42.1 Å². The highest BCUT2D eigenvalue weighted by Crippen LogP contribution is 2.32. The van der Waals surface area contributed by atoms with Gasteiger partial charge in [-0.3, -0.25) is 4.79 Å². The first-order valence-electron chi connectivity index (χ1n) is 9.80. The molecule has 3 N–H and O–H groups in total. The quantitative estimate of drug-likeness (QED) is 0.404. The van der Waals surface area contributed by atoms with E-state index in [-0.39, 0.29) is 11.8 Å². The summed E-state index contributed by atoms with van der Waals surface area (Å²) in [5.41, 5.74) is 3.30. The van der Waals surface area contributed by atoms with Gasteiger partial charge in [-0.2, -0.15) is 5.26 Å². The zero-order valence-corrected chi connectivity index (χ0v) is 17.4. The lowest BCUT2D eigenvalue weighted by atomic mass is 9.96. The SMILES string of the molecule is C[C@H](NC[C@H](c1cccs1)c1c[nH]c2ccccc12)C(=O)Nc1ccccc1C#N. The second-order valence-electron chi connectivity index (χ2n) is 7.13. The molecule has 2 aromatic carbocycles. The van der Waals surface area contributed by atoms with Crippen molar-refractivity contribution in [2.24, 2.45) is 0 Å². The Balaban J connectivity index is 1.50. The Bertz CT molecular complexity index is 1190. The van der Waals surface area contributed by atoms with E-state index < -0.39 is 6.04 Å². The number of hydrogen-bond donors (Lipinski definition) is 3. The van der Waals surface area contributed by atoms with Crippen LogP contribution in [0.3, 0.4) is 0 Å². The van der Waals surface area contributed by atoms with Gasteiger partial charge in [0, 0.05) is 34.4 Å². The standard InChI is InChI=1S/C24H22N4OS/c1-16(24(29)28-21-9-4-2-7-17(21)13-25)26-15-20(23-11-6-12-30-23)19-14-27-22-10-5-3-8-18(19)22/h2-12,14,16,20,26-27H,15H2,1H3,(H,28,29)/t16-,20-/m0/s1. The van der Waals surface area contributed by atoms with E-state index in [1.165, 1.54) is 15.8 Å². The van der Waals surface area contributed by atoms with Gasteiger partial charge in [0.15, 0.2) is 0 Å². The number of H-pyrrole nitrogens is 1. The molecule has 4 aromatic rings. The number of para-hydroxylation sites is 2. The predicted molar refractivity (Wildman–Crippen MR) is 122 cm³/mol. The molecule has 30 heavy (non-hydrogen) atoms. The molecular weight excluding hydrogens is 392 g/mol. The van der Waals surface area contributed by atoms with Gasteiger partial charge in [0.1, 0.15) is 6.07 Å². The Morgan fingerprint density at radius 3 is 2.73 bits per heavy atom. The lowest BCUT2D eigenvalue weighted by molar-refractivity contribution is -0.117. The molecule has 150 valence electrons. The summed E-state index contributed by atoms with van der Waals surface area (Å²) >= 11 is 1.71. The first-order valence-corrected chi connectivity index (χ1v) is 10.7. The zero-order chi connectivity index (χ0) is 20.9. The van der Waals surface area contributed by atoms with Crippen LogP contribution in [0.4, 0.5) is 5.69 Å². The van der Waals surface area contributed by atoms with Crippen molar-refractivity contribution >= 4 is 33.8 Å². The summed E-state index contributed by atoms with van der Waals surface area (Å²) in [5, 5.41) is 18.7. The van der Waals surface area contributed by atoms with E-state index in [0.717, 1.165) is 5.52 Å². The number of nitriles is 1. The topological polar surface area (TPSA) is 80.7 Å². The molecule has 0 aliphatic carbocycles. The van der Waals surface area contributed by atoms with Gasteiger partial charge in [0.05, 0.1) is 17.3 Å². The minimum Gasteiger partial charge on any atom is -0.361 e. The largest absolute Gasteiger partial charge is 0.361 e. The number of hydrogen-bond acceptors (Lipinski definition) is 4. The van der Waals surface area contributed by atoms with E-state index in [1.807, 2.05) is 19.1 Å². The van der Waals surface area contributed by atoms with Crippen molar-refractivity contribution in [1.29, 1.82) is 5.26 Å². The van der Waals surface area contributed by atoms with Crippen molar-refractivity contribution < 1.29 is 4.79 Å². The number of nitrogens with one attached hydrogen (secondary N) is 3. The summed E-state index contributed by atoms with van der Waals surface area (Å²) < 4.78 is 0. The fourth-order valence-corrected chi connectivity index (χ4v) is 4.40. The smallest absolute Gasteiger partial charge is 0.241 e. The van der Waals surface area contributed by atoms with Crippen LogP contribution < -0.4 is 10.6 Å². The second kappa shape index (κ2) is 8.95. The molecule has 0 saturated carbocycles. The second-order valence-corrected chi connectivity index (χ2v) is 8.11. The third kappa shape index (κ3) is 4.13. The molecule has 4 rings (SSSR count). The van der Waals surface area contributed by atoms with Gasteiger partial charge in [-0.1, -0.05) is 36.4 Å². The van der Waals surface area contributed by atoms with E-state index >= 15 is 0 Å². The van der Waals surface area contributed by atoms with Crippen molar-refractivity contribution in [3.63, 3.8) is 0 Å². The van der Waals surface area contributed by atoms with Crippen LogP contribution in [0.1, 0.15) is 28.8 Å². The lowest BCUT2D eigenvalue weighted by Crippen LogP contribution is -2.40. The van der Waals surface area contributed by atoms with Gasteiger partial charge in [-0.25, -0.2) is 0 Å². The van der Waals surface area contributed by atoms with Crippen LogP contribution in [0.15, 0.2) is 72.2 Å². The van der Waals surface area contributed by atoms with Gasteiger partial charge >= 0.3 is 0 Å². The number of benzene rings is 2. The van der Waals surface area contributed by atoms with Crippen molar-refractivity contribution in [1.82, 2.24) is 10.3 Å². The number of anilines is 1. The molecule has 2 aromatic heterocycles. The molecule has 2 heterocycles. The molecule has 0 aliphatic rings. The molecule has 1 amide bonds. The summed E-state index contributed by atoms with van der Waals surface area (Å²) in [6.07, 6.45) is 2.06. The fourth-order valence-electron chi connectivity index (χ4n) is 3.55. The predicted octanol–water partition coefficient (Wildman–Crippen LogP) is 4.85. The van der Waals surface area contributed by atoms with Crippen LogP contribution in [0.25, 0.3) is 10.9 Å².